The third kappa shape index (κ3) is 5.86. The number of rotatable bonds is 7. The molecule has 12 aromatic rings. The summed E-state index contributed by atoms with van der Waals surface area (Å²) in [6.45, 7) is 0. The van der Waals surface area contributed by atoms with Crippen LogP contribution in [0.5, 0.6) is 0 Å². The molecule has 0 aliphatic rings. The first kappa shape index (κ1) is 34.7. The van der Waals surface area contributed by atoms with Crippen LogP contribution in [0.15, 0.2) is 224 Å². The first-order chi connectivity index (χ1) is 30.2. The Kier molecular flexibility index (Phi) is 8.10. The molecule has 61 heavy (non-hydrogen) atoms. The van der Waals surface area contributed by atoms with Crippen molar-refractivity contribution in [3.63, 3.8) is 0 Å². The van der Waals surface area contributed by atoms with Gasteiger partial charge in [0.25, 0.3) is 0 Å². The van der Waals surface area contributed by atoms with Crippen molar-refractivity contribution >= 4 is 43.9 Å². The predicted octanol–water partition coefficient (Wildman–Crippen LogP) is 14.1. The quantitative estimate of drug-likeness (QED) is 0.162. The second-order valence-corrected chi connectivity index (χ2v) is 15.5. The van der Waals surface area contributed by atoms with Crippen LogP contribution in [0.4, 0.5) is 0 Å². The topological polar surface area (TPSA) is 40.6 Å². The lowest BCUT2D eigenvalue weighted by atomic mass is 9.97. The zero-order chi connectivity index (χ0) is 40.3. The zero-order valence-corrected chi connectivity index (χ0v) is 33.1. The van der Waals surface area contributed by atoms with Gasteiger partial charge in [-0.3, -0.25) is 9.13 Å². The van der Waals surface area contributed by atoms with Gasteiger partial charge in [-0.05, 0) is 101 Å². The fourth-order valence-corrected chi connectivity index (χ4v) is 9.06. The Hall–Kier alpha value is -8.28. The molecule has 0 amide bonds. The average Bonchev–Trinajstić information content (AvgIpc) is 4.03. The number of nitrogens with zero attached hydrogens (tertiary/aromatic N) is 5. The number of hydrogen-bond acceptors (Lipinski definition) is 2. The lowest BCUT2D eigenvalue weighted by Gasteiger charge is -2.16. The van der Waals surface area contributed by atoms with Gasteiger partial charge in [0.2, 0.25) is 0 Å². The molecule has 0 unspecified atom stereocenters. The molecule has 0 aliphatic heterocycles. The van der Waals surface area contributed by atoms with E-state index in [1.165, 1.54) is 21.8 Å². The Morgan fingerprint density at radius 1 is 0.246 bits per heavy atom. The van der Waals surface area contributed by atoms with Crippen LogP contribution >= 0.6 is 0 Å². The van der Waals surface area contributed by atoms with Crippen molar-refractivity contribution in [1.82, 2.24) is 23.7 Å². The molecule has 9 aromatic carbocycles. The van der Waals surface area contributed by atoms with Gasteiger partial charge < -0.3 is 4.57 Å². The molecular formula is C56H37N5. The van der Waals surface area contributed by atoms with Crippen molar-refractivity contribution in [2.24, 2.45) is 0 Å². The summed E-state index contributed by atoms with van der Waals surface area (Å²) < 4.78 is 6.99. The summed E-state index contributed by atoms with van der Waals surface area (Å²) >= 11 is 0. The number of imidazole rings is 2. The van der Waals surface area contributed by atoms with Gasteiger partial charge in [0.1, 0.15) is 11.6 Å². The van der Waals surface area contributed by atoms with E-state index in [2.05, 4.69) is 226 Å². The van der Waals surface area contributed by atoms with Crippen molar-refractivity contribution in [2.75, 3.05) is 0 Å². The van der Waals surface area contributed by atoms with E-state index < -0.39 is 0 Å². The van der Waals surface area contributed by atoms with E-state index in [1.54, 1.807) is 0 Å². The Morgan fingerprint density at radius 3 is 1.10 bits per heavy atom. The Bertz CT molecular complexity index is 3360. The summed E-state index contributed by atoms with van der Waals surface area (Å²) in [6.07, 6.45) is 0. The smallest absolute Gasteiger partial charge is 0.145 e. The average molecular weight is 780 g/mol. The Balaban J connectivity index is 1.08. The van der Waals surface area contributed by atoms with E-state index in [0.29, 0.717) is 0 Å². The Morgan fingerprint density at radius 2 is 0.623 bits per heavy atom. The minimum Gasteiger partial charge on any atom is -0.309 e. The number of para-hydroxylation sites is 6. The van der Waals surface area contributed by atoms with E-state index in [-0.39, 0.29) is 0 Å². The van der Waals surface area contributed by atoms with Crippen molar-refractivity contribution in [3.05, 3.63) is 224 Å². The fourth-order valence-electron chi connectivity index (χ4n) is 9.06. The van der Waals surface area contributed by atoms with Gasteiger partial charge in [-0.25, -0.2) is 9.97 Å². The van der Waals surface area contributed by atoms with Gasteiger partial charge in [-0.15, -0.1) is 0 Å². The molecule has 0 saturated heterocycles. The molecule has 5 heteroatoms. The fraction of sp³-hybridized carbons (Fsp3) is 0. The van der Waals surface area contributed by atoms with E-state index in [0.717, 1.165) is 84.2 Å². The molecule has 0 radical (unpaired) electrons. The van der Waals surface area contributed by atoms with Crippen molar-refractivity contribution in [1.29, 1.82) is 0 Å². The van der Waals surface area contributed by atoms with Crippen LogP contribution in [0.1, 0.15) is 0 Å². The van der Waals surface area contributed by atoms with Crippen LogP contribution in [0.3, 0.4) is 0 Å². The highest BCUT2D eigenvalue weighted by atomic mass is 15.1. The number of fused-ring (bicyclic) bond motifs is 5. The SMILES string of the molecule is c1ccc(-c2nc3ccccc3n2-c2cccc(-c3cc(-c4cccc(-n5c(-c6ccccc6)nc6ccccc65)c4)cc(-n4c5ccccc5c5ccccc54)c3)c2)cc1. The second kappa shape index (κ2) is 14.2. The lowest BCUT2D eigenvalue weighted by molar-refractivity contribution is 1.10. The molecule has 0 fully saturated rings. The first-order valence-corrected chi connectivity index (χ1v) is 20.7. The summed E-state index contributed by atoms with van der Waals surface area (Å²) in [5.74, 6) is 1.83. The molecule has 0 spiro atoms. The molecule has 0 N–H and O–H groups in total. The van der Waals surface area contributed by atoms with Gasteiger partial charge in [0.15, 0.2) is 0 Å². The van der Waals surface area contributed by atoms with E-state index in [1.807, 2.05) is 12.1 Å². The summed E-state index contributed by atoms with van der Waals surface area (Å²) in [7, 11) is 0. The van der Waals surface area contributed by atoms with Crippen molar-refractivity contribution in [3.8, 4) is 62.1 Å². The molecule has 286 valence electrons. The summed E-state index contributed by atoms with van der Waals surface area (Å²) in [5, 5.41) is 2.46. The number of aromatic nitrogens is 5. The number of benzene rings is 9. The molecular weight excluding hydrogens is 743 g/mol. The van der Waals surface area contributed by atoms with Crippen molar-refractivity contribution in [2.45, 2.75) is 0 Å². The first-order valence-electron chi connectivity index (χ1n) is 20.7. The van der Waals surface area contributed by atoms with Gasteiger partial charge >= 0.3 is 0 Å². The van der Waals surface area contributed by atoms with Crippen LogP contribution in [-0.4, -0.2) is 23.7 Å². The maximum Gasteiger partial charge on any atom is 0.145 e. The number of hydrogen-bond donors (Lipinski definition) is 0. The van der Waals surface area contributed by atoms with Gasteiger partial charge in [-0.2, -0.15) is 0 Å². The monoisotopic (exact) mass is 779 g/mol. The molecule has 0 aliphatic carbocycles. The lowest BCUT2D eigenvalue weighted by Crippen LogP contribution is -1.99. The van der Waals surface area contributed by atoms with E-state index in [4.69, 9.17) is 9.97 Å². The highest BCUT2D eigenvalue weighted by Crippen LogP contribution is 2.38. The van der Waals surface area contributed by atoms with Gasteiger partial charge in [-0.1, -0.05) is 146 Å². The van der Waals surface area contributed by atoms with Crippen LogP contribution in [0.2, 0.25) is 0 Å². The molecule has 0 bridgehead atoms. The van der Waals surface area contributed by atoms with Crippen LogP contribution in [0.25, 0.3) is 106 Å². The van der Waals surface area contributed by atoms with Crippen molar-refractivity contribution < 1.29 is 0 Å². The van der Waals surface area contributed by atoms with Crippen LogP contribution in [0, 0.1) is 0 Å². The minimum absolute atomic E-state index is 0.914. The third-order valence-electron chi connectivity index (χ3n) is 11.8. The predicted molar refractivity (Wildman–Crippen MR) is 252 cm³/mol. The third-order valence-corrected chi connectivity index (χ3v) is 11.8. The van der Waals surface area contributed by atoms with Crippen LogP contribution < -0.4 is 0 Å². The minimum atomic E-state index is 0.914. The molecule has 3 heterocycles. The van der Waals surface area contributed by atoms with Gasteiger partial charge in [0, 0.05) is 39.0 Å². The maximum atomic E-state index is 5.15. The normalized spacial score (nSPS) is 11.6. The van der Waals surface area contributed by atoms with Crippen LogP contribution in [-0.2, 0) is 0 Å². The summed E-state index contributed by atoms with van der Waals surface area (Å²) in [4.78, 5) is 10.3. The summed E-state index contributed by atoms with van der Waals surface area (Å²) in [6, 6.07) is 79.9. The molecule has 3 aromatic heterocycles. The largest absolute Gasteiger partial charge is 0.309 e. The van der Waals surface area contributed by atoms with E-state index >= 15 is 0 Å². The zero-order valence-electron chi connectivity index (χ0n) is 33.1. The molecule has 5 nitrogen and oxygen atoms in total. The highest BCUT2D eigenvalue weighted by molar-refractivity contribution is 6.09. The summed E-state index contributed by atoms with van der Waals surface area (Å²) in [5.41, 5.74) is 16.2. The highest BCUT2D eigenvalue weighted by Gasteiger charge is 2.19. The maximum absolute atomic E-state index is 5.15. The molecule has 0 atom stereocenters. The standard InChI is InChI=1S/C56H37N5/c1-3-17-38(18-4-1)55-57-49-27-9-13-31-53(49)60(55)44-23-15-21-40(34-44)42-33-43(37-46(36-42)59-51-29-11-7-25-47(51)48-26-8-12-30-52(48)59)41-22-16-24-45(35-41)61-54-32-14-10-28-50(54)58-56(61)39-19-5-2-6-20-39/h1-37H. The molecule has 0 saturated carbocycles. The van der Waals surface area contributed by atoms with E-state index in [9.17, 15) is 0 Å². The van der Waals surface area contributed by atoms with Gasteiger partial charge in [0.05, 0.1) is 33.1 Å². The molecule has 12 rings (SSSR count). The second-order valence-electron chi connectivity index (χ2n) is 15.5. The Labute approximate surface area is 352 Å².